The second kappa shape index (κ2) is 15.0. The number of rotatable bonds is 14. The second-order valence-corrected chi connectivity index (χ2v) is 18.0. The van der Waals surface area contributed by atoms with E-state index in [1.165, 1.54) is 0 Å². The summed E-state index contributed by atoms with van der Waals surface area (Å²) < 4.78 is 12.1. The highest BCUT2D eigenvalue weighted by atomic mass is 28.4. The van der Waals surface area contributed by atoms with Crippen molar-refractivity contribution in [2.75, 3.05) is 13.7 Å². The molecule has 8 nitrogen and oxygen atoms in total. The smallest absolute Gasteiger partial charge is 0.323 e. The maximum atomic E-state index is 13.6. The Bertz CT molecular complexity index is 923. The molecule has 9 heteroatoms. The van der Waals surface area contributed by atoms with Crippen molar-refractivity contribution >= 4 is 26.1 Å². The van der Waals surface area contributed by atoms with Gasteiger partial charge in [0.25, 0.3) is 0 Å². The molecule has 0 saturated carbocycles. The minimum Gasteiger partial charge on any atom is -0.459 e. The predicted octanol–water partition coefficient (Wildman–Crippen LogP) is 4.59. The van der Waals surface area contributed by atoms with Crippen molar-refractivity contribution in [1.82, 2.24) is 16.0 Å². The van der Waals surface area contributed by atoms with Gasteiger partial charge in [0.1, 0.15) is 17.7 Å². The lowest BCUT2D eigenvalue weighted by Gasteiger charge is -2.36. The quantitative estimate of drug-likeness (QED) is 0.226. The Morgan fingerprint density at radius 3 is 1.97 bits per heavy atom. The number of hydrogen-bond donors (Lipinski definition) is 3. The average molecular weight is 564 g/mol. The molecule has 0 aliphatic carbocycles. The zero-order chi connectivity index (χ0) is 30.0. The van der Waals surface area contributed by atoms with Gasteiger partial charge in [0.15, 0.2) is 8.32 Å². The van der Waals surface area contributed by atoms with E-state index in [0.29, 0.717) is 25.9 Å². The monoisotopic (exact) mass is 563 g/mol. The molecule has 0 aliphatic rings. The van der Waals surface area contributed by atoms with Gasteiger partial charge >= 0.3 is 5.97 Å². The minimum atomic E-state index is -2.02. The maximum absolute atomic E-state index is 13.6. The number of ether oxygens (including phenoxy) is 1. The van der Waals surface area contributed by atoms with Crippen LogP contribution in [0.3, 0.4) is 0 Å². The Morgan fingerprint density at radius 1 is 0.897 bits per heavy atom. The van der Waals surface area contributed by atoms with Gasteiger partial charge in [-0.1, -0.05) is 65.0 Å². The van der Waals surface area contributed by atoms with Crippen LogP contribution in [0.5, 0.6) is 0 Å². The third-order valence-electron chi connectivity index (χ3n) is 6.95. The number of carbonyl (C=O) groups is 3. The summed E-state index contributed by atoms with van der Waals surface area (Å²) in [7, 11) is -0.468. The van der Waals surface area contributed by atoms with Crippen LogP contribution >= 0.6 is 0 Å². The lowest BCUT2D eigenvalue weighted by molar-refractivity contribution is -0.158. The van der Waals surface area contributed by atoms with Gasteiger partial charge in [0.05, 0.1) is 6.04 Å². The molecule has 1 aromatic carbocycles. The van der Waals surface area contributed by atoms with E-state index in [1.807, 2.05) is 65.0 Å². The number of hydrogen-bond acceptors (Lipinski definition) is 6. The first-order chi connectivity index (χ1) is 17.9. The van der Waals surface area contributed by atoms with Crippen LogP contribution in [0, 0.1) is 5.92 Å². The summed E-state index contributed by atoms with van der Waals surface area (Å²) in [6, 6.07) is 7.37. The van der Waals surface area contributed by atoms with Crippen LogP contribution in [0.4, 0.5) is 0 Å². The zero-order valence-electron chi connectivity index (χ0n) is 26.1. The molecule has 0 saturated heterocycles. The summed E-state index contributed by atoms with van der Waals surface area (Å²) in [4.78, 5) is 39.5. The molecule has 0 unspecified atom stereocenters. The van der Waals surface area contributed by atoms with Crippen molar-refractivity contribution in [1.29, 1.82) is 0 Å². The van der Waals surface area contributed by atoms with E-state index in [2.05, 4.69) is 49.8 Å². The predicted molar refractivity (Wildman–Crippen MR) is 160 cm³/mol. The van der Waals surface area contributed by atoms with Crippen molar-refractivity contribution < 1.29 is 23.5 Å². The van der Waals surface area contributed by atoms with E-state index < -0.39 is 38.0 Å². The first-order valence-corrected chi connectivity index (χ1v) is 17.0. The number of benzene rings is 1. The lowest BCUT2D eigenvalue weighted by atomic mass is 10.00. The minimum absolute atomic E-state index is 0.0372. The van der Waals surface area contributed by atoms with E-state index in [-0.39, 0.29) is 22.8 Å². The summed E-state index contributed by atoms with van der Waals surface area (Å²) in [5, 5.41) is 8.89. The molecular formula is C30H53N3O5Si. The molecule has 0 fully saturated rings. The maximum Gasteiger partial charge on any atom is 0.323 e. The fourth-order valence-electron chi connectivity index (χ4n) is 3.76. The van der Waals surface area contributed by atoms with Gasteiger partial charge in [-0.15, -0.1) is 0 Å². The Kier molecular flexibility index (Phi) is 13.3. The molecule has 3 atom stereocenters. The van der Waals surface area contributed by atoms with Gasteiger partial charge in [0.2, 0.25) is 11.8 Å². The third kappa shape index (κ3) is 12.7. The van der Waals surface area contributed by atoms with Crippen LogP contribution in [-0.4, -0.2) is 63.5 Å². The topological polar surface area (TPSA) is 106 Å². The molecular weight excluding hydrogens is 510 g/mol. The van der Waals surface area contributed by atoms with Crippen LogP contribution in [0.1, 0.15) is 73.8 Å². The van der Waals surface area contributed by atoms with Crippen molar-refractivity contribution in [3.8, 4) is 0 Å². The van der Waals surface area contributed by atoms with Gasteiger partial charge in [0, 0.05) is 20.1 Å². The summed E-state index contributed by atoms with van der Waals surface area (Å²) >= 11 is 0. The van der Waals surface area contributed by atoms with Crippen LogP contribution in [0.15, 0.2) is 30.3 Å². The summed E-state index contributed by atoms with van der Waals surface area (Å²) in [6.07, 6.45) is 1.21. The van der Waals surface area contributed by atoms with Crippen molar-refractivity contribution in [3.63, 3.8) is 0 Å². The van der Waals surface area contributed by atoms with E-state index in [1.54, 1.807) is 7.05 Å². The number of esters is 1. The summed E-state index contributed by atoms with van der Waals surface area (Å²) in [5.74, 6) is -0.854. The van der Waals surface area contributed by atoms with Gasteiger partial charge in [-0.3, -0.25) is 19.7 Å². The fourth-order valence-corrected chi connectivity index (χ4v) is 4.82. The number of likely N-dealkylation sites (N-methyl/N-ethyl adjacent to an activating group) is 1. The number of amides is 2. The molecule has 3 N–H and O–H groups in total. The van der Waals surface area contributed by atoms with E-state index >= 15 is 0 Å². The fraction of sp³-hybridized carbons (Fsp3) is 0.700. The normalized spacial score (nSPS) is 14.9. The molecule has 222 valence electrons. The van der Waals surface area contributed by atoms with Crippen molar-refractivity contribution in [2.24, 2.45) is 5.92 Å². The first-order valence-electron chi connectivity index (χ1n) is 14.0. The van der Waals surface area contributed by atoms with Gasteiger partial charge in [-0.2, -0.15) is 0 Å². The van der Waals surface area contributed by atoms with Gasteiger partial charge in [-0.25, -0.2) is 0 Å². The molecule has 0 radical (unpaired) electrons. The zero-order valence-corrected chi connectivity index (χ0v) is 27.1. The molecule has 39 heavy (non-hydrogen) atoms. The summed E-state index contributed by atoms with van der Waals surface area (Å²) in [5.41, 5.74) is 0.266. The molecule has 0 bridgehead atoms. The third-order valence-corrected chi connectivity index (χ3v) is 11.5. The summed E-state index contributed by atoms with van der Waals surface area (Å²) in [6.45, 7) is 20.7. The number of carbonyl (C=O) groups excluding carboxylic acids is 3. The van der Waals surface area contributed by atoms with Crippen LogP contribution in [0.25, 0.3) is 0 Å². The van der Waals surface area contributed by atoms with Gasteiger partial charge in [-0.05, 0) is 63.2 Å². The van der Waals surface area contributed by atoms with Crippen molar-refractivity contribution in [3.05, 3.63) is 35.9 Å². The highest BCUT2D eigenvalue weighted by molar-refractivity contribution is 6.74. The van der Waals surface area contributed by atoms with Crippen LogP contribution in [-0.2, 0) is 30.0 Å². The Hall–Kier alpha value is -2.23. The highest BCUT2D eigenvalue weighted by Gasteiger charge is 2.38. The molecule has 0 aromatic heterocycles. The van der Waals surface area contributed by atoms with E-state index in [4.69, 9.17) is 9.16 Å². The molecule has 0 spiro atoms. The SMILES string of the molecule is CNC(=O)[C@H](Cc1ccccc1)NC(=O)[C@H](CC(C)C)N[C@H](CCO[Si](C)(C)C(C)(C)C)C(=O)OC(C)(C)C. The Labute approximate surface area is 237 Å². The van der Waals surface area contributed by atoms with Crippen LogP contribution in [0.2, 0.25) is 18.1 Å². The Morgan fingerprint density at radius 2 is 1.49 bits per heavy atom. The lowest BCUT2D eigenvalue weighted by Crippen LogP contribution is -2.57. The molecule has 0 aliphatic heterocycles. The van der Waals surface area contributed by atoms with E-state index in [9.17, 15) is 14.4 Å². The van der Waals surface area contributed by atoms with E-state index in [0.717, 1.165) is 5.56 Å². The van der Waals surface area contributed by atoms with Crippen LogP contribution < -0.4 is 16.0 Å². The molecule has 1 rings (SSSR count). The first kappa shape index (κ1) is 34.8. The molecule has 1 aromatic rings. The Balaban J connectivity index is 3.15. The highest BCUT2D eigenvalue weighted by Crippen LogP contribution is 2.36. The largest absolute Gasteiger partial charge is 0.459 e. The van der Waals surface area contributed by atoms with Crippen molar-refractivity contribution in [2.45, 2.75) is 117 Å². The average Bonchev–Trinajstić information content (AvgIpc) is 2.80. The molecule has 0 heterocycles. The standard InChI is InChI=1S/C30H53N3O5Si/c1-21(2)19-24(27(35)33-25(26(34)31-9)20-22-15-13-12-14-16-22)32-23(28(36)38-29(3,4)5)17-18-37-39(10,11)30(6,7)8/h12-16,21,23-25,32H,17-20H2,1-11H3,(H,31,34)(H,33,35)/t23-,24+,25+/m1/s1. The second-order valence-electron chi connectivity index (χ2n) is 13.2. The molecule has 2 amide bonds. The van der Waals surface area contributed by atoms with Gasteiger partial charge < -0.3 is 19.8 Å². The number of nitrogens with one attached hydrogen (secondary N) is 3.